The first-order chi connectivity index (χ1) is 13.7. The molecule has 0 saturated heterocycles. The molecule has 3 nitrogen and oxygen atoms in total. The van der Waals surface area contributed by atoms with E-state index >= 15 is 0 Å². The van der Waals surface area contributed by atoms with E-state index in [9.17, 15) is 4.79 Å². The predicted octanol–water partition coefficient (Wildman–Crippen LogP) is 5.65. The van der Waals surface area contributed by atoms with Crippen molar-refractivity contribution in [3.8, 4) is 0 Å². The fourth-order valence-corrected chi connectivity index (χ4v) is 4.24. The Morgan fingerprint density at radius 2 is 1.82 bits per heavy atom. The van der Waals surface area contributed by atoms with Gasteiger partial charge in [0.15, 0.2) is 0 Å². The fraction of sp³-hybridized carbons (Fsp3) is 0.174. The smallest absolute Gasteiger partial charge is 0.220 e. The first kappa shape index (κ1) is 18.8. The molecule has 0 aliphatic rings. The van der Waals surface area contributed by atoms with Crippen molar-refractivity contribution in [2.45, 2.75) is 25.9 Å². The Bertz CT molecular complexity index is 1090. The van der Waals surface area contributed by atoms with E-state index in [1.807, 2.05) is 47.8 Å². The Labute approximate surface area is 173 Å². The third-order valence-electron chi connectivity index (χ3n) is 4.83. The van der Waals surface area contributed by atoms with Crippen LogP contribution in [0.15, 0.2) is 72.2 Å². The molecule has 0 saturated carbocycles. The maximum absolute atomic E-state index is 12.3. The van der Waals surface area contributed by atoms with Crippen molar-refractivity contribution in [3.05, 3.63) is 93.3 Å². The van der Waals surface area contributed by atoms with Crippen LogP contribution in [-0.4, -0.2) is 10.5 Å². The van der Waals surface area contributed by atoms with Crippen molar-refractivity contribution in [1.29, 1.82) is 0 Å². The van der Waals surface area contributed by atoms with Gasteiger partial charge in [0.1, 0.15) is 0 Å². The number of carbonyl (C=O) groups is 1. The van der Waals surface area contributed by atoms with Gasteiger partial charge in [0.05, 0.1) is 6.54 Å². The molecule has 142 valence electrons. The lowest BCUT2D eigenvalue weighted by atomic mass is 10.1. The van der Waals surface area contributed by atoms with Crippen LogP contribution in [0.25, 0.3) is 10.9 Å². The van der Waals surface area contributed by atoms with Crippen LogP contribution in [-0.2, 0) is 24.3 Å². The number of hydrogen-bond donors (Lipinski definition) is 1. The number of halogens is 1. The third-order valence-corrected chi connectivity index (χ3v) is 6.08. The summed E-state index contributed by atoms with van der Waals surface area (Å²) in [7, 11) is 0. The minimum atomic E-state index is 0.0799. The zero-order valence-corrected chi connectivity index (χ0v) is 17.0. The average molecular weight is 409 g/mol. The molecular weight excluding hydrogens is 388 g/mol. The molecule has 2 aromatic heterocycles. The maximum atomic E-state index is 12.3. The van der Waals surface area contributed by atoms with Crippen molar-refractivity contribution in [3.63, 3.8) is 0 Å². The van der Waals surface area contributed by atoms with Gasteiger partial charge in [-0.05, 0) is 41.1 Å². The largest absolute Gasteiger partial charge is 0.351 e. The molecule has 0 aliphatic heterocycles. The maximum Gasteiger partial charge on any atom is 0.220 e. The van der Waals surface area contributed by atoms with Crippen molar-refractivity contribution in [2.24, 2.45) is 0 Å². The number of carbonyl (C=O) groups excluding carboxylic acids is 1. The topological polar surface area (TPSA) is 34.0 Å². The van der Waals surface area contributed by atoms with Gasteiger partial charge in [-0.2, -0.15) is 0 Å². The van der Waals surface area contributed by atoms with Crippen molar-refractivity contribution < 1.29 is 4.79 Å². The third kappa shape index (κ3) is 4.29. The minimum Gasteiger partial charge on any atom is -0.351 e. The van der Waals surface area contributed by atoms with Gasteiger partial charge < -0.3 is 9.88 Å². The van der Waals surface area contributed by atoms with Crippen LogP contribution in [0.5, 0.6) is 0 Å². The Hall–Kier alpha value is -2.56. The number of aromatic nitrogens is 1. The first-order valence-corrected chi connectivity index (χ1v) is 10.6. The number of benzene rings is 2. The van der Waals surface area contributed by atoms with E-state index in [0.717, 1.165) is 16.1 Å². The van der Waals surface area contributed by atoms with Crippen LogP contribution < -0.4 is 5.32 Å². The van der Waals surface area contributed by atoms with E-state index in [-0.39, 0.29) is 5.91 Å². The Morgan fingerprint density at radius 3 is 2.64 bits per heavy atom. The number of hydrogen-bond acceptors (Lipinski definition) is 2. The molecule has 2 aromatic carbocycles. The lowest BCUT2D eigenvalue weighted by Gasteiger charge is -2.07. The lowest BCUT2D eigenvalue weighted by Crippen LogP contribution is -2.22. The molecule has 5 heteroatoms. The number of nitrogens with one attached hydrogen (secondary N) is 1. The number of para-hydroxylation sites is 1. The molecule has 4 rings (SSSR count). The highest BCUT2D eigenvalue weighted by atomic mass is 35.5. The second-order valence-electron chi connectivity index (χ2n) is 6.75. The van der Waals surface area contributed by atoms with Crippen LogP contribution in [0.1, 0.15) is 22.4 Å². The standard InChI is InChI=1S/C23H21ClN2OS/c24-21-9-3-1-6-18(21)16-26-15-17(20-8-2-4-10-22(20)26)11-12-23(27)25-14-19-7-5-13-28-19/h1-10,13,15H,11-12,14,16H2,(H,25,27). The van der Waals surface area contributed by atoms with E-state index in [1.54, 1.807) is 11.3 Å². The zero-order valence-electron chi connectivity index (χ0n) is 15.4. The molecule has 1 amide bonds. The fourth-order valence-electron chi connectivity index (χ4n) is 3.40. The molecule has 0 aliphatic carbocycles. The summed E-state index contributed by atoms with van der Waals surface area (Å²) in [6.07, 6.45) is 3.35. The number of thiophene rings is 1. The lowest BCUT2D eigenvalue weighted by molar-refractivity contribution is -0.121. The van der Waals surface area contributed by atoms with Gasteiger partial charge in [0.2, 0.25) is 5.91 Å². The van der Waals surface area contributed by atoms with Crippen LogP contribution in [0, 0.1) is 0 Å². The zero-order chi connectivity index (χ0) is 19.3. The van der Waals surface area contributed by atoms with E-state index in [4.69, 9.17) is 11.6 Å². The summed E-state index contributed by atoms with van der Waals surface area (Å²) in [6, 6.07) is 20.3. The summed E-state index contributed by atoms with van der Waals surface area (Å²) in [6.45, 7) is 1.32. The second kappa shape index (κ2) is 8.63. The van der Waals surface area contributed by atoms with E-state index < -0.39 is 0 Å². The number of aryl methyl sites for hydroxylation is 1. The number of fused-ring (bicyclic) bond motifs is 1. The molecule has 1 N–H and O–H groups in total. The second-order valence-corrected chi connectivity index (χ2v) is 8.19. The normalized spacial score (nSPS) is 11.0. The molecular formula is C23H21ClN2OS. The highest BCUT2D eigenvalue weighted by Gasteiger charge is 2.11. The van der Waals surface area contributed by atoms with Crippen LogP contribution in [0.4, 0.5) is 0 Å². The monoisotopic (exact) mass is 408 g/mol. The summed E-state index contributed by atoms with van der Waals surface area (Å²) >= 11 is 8.00. The molecule has 0 radical (unpaired) electrons. The van der Waals surface area contributed by atoms with Crippen LogP contribution >= 0.6 is 22.9 Å². The SMILES string of the molecule is O=C(CCc1cn(Cc2ccccc2Cl)c2ccccc12)NCc1cccs1. The summed E-state index contributed by atoms with van der Waals surface area (Å²) < 4.78 is 2.22. The number of amides is 1. The van der Waals surface area contributed by atoms with Gasteiger partial charge in [-0.1, -0.05) is 54.1 Å². The highest BCUT2D eigenvalue weighted by Crippen LogP contribution is 2.25. The summed E-state index contributed by atoms with van der Waals surface area (Å²) in [5.41, 5.74) is 3.44. The Kier molecular flexibility index (Phi) is 5.79. The first-order valence-electron chi connectivity index (χ1n) is 9.30. The van der Waals surface area contributed by atoms with Gasteiger partial charge in [-0.25, -0.2) is 0 Å². The molecule has 0 bridgehead atoms. The predicted molar refractivity (Wildman–Crippen MR) is 117 cm³/mol. The van der Waals surface area contributed by atoms with Crippen molar-refractivity contribution >= 4 is 39.7 Å². The molecule has 0 atom stereocenters. The number of nitrogens with zero attached hydrogens (tertiary/aromatic N) is 1. The van der Waals surface area contributed by atoms with Crippen LogP contribution in [0.2, 0.25) is 5.02 Å². The van der Waals surface area contributed by atoms with Gasteiger partial charge >= 0.3 is 0 Å². The number of rotatable bonds is 7. The Balaban J connectivity index is 1.48. The summed E-state index contributed by atoms with van der Waals surface area (Å²) in [5.74, 6) is 0.0799. The molecule has 4 aromatic rings. The van der Waals surface area contributed by atoms with E-state index in [1.165, 1.54) is 15.8 Å². The van der Waals surface area contributed by atoms with Crippen LogP contribution in [0.3, 0.4) is 0 Å². The Morgan fingerprint density at radius 1 is 1.00 bits per heavy atom. The molecule has 0 unspecified atom stereocenters. The van der Waals surface area contributed by atoms with Gasteiger partial charge in [0, 0.05) is 40.0 Å². The average Bonchev–Trinajstić information content (AvgIpc) is 3.35. The van der Waals surface area contributed by atoms with Gasteiger partial charge in [-0.15, -0.1) is 11.3 Å². The highest BCUT2D eigenvalue weighted by molar-refractivity contribution is 7.09. The van der Waals surface area contributed by atoms with E-state index in [2.05, 4.69) is 34.3 Å². The minimum absolute atomic E-state index is 0.0799. The van der Waals surface area contributed by atoms with Crippen molar-refractivity contribution in [2.75, 3.05) is 0 Å². The molecule has 28 heavy (non-hydrogen) atoms. The van der Waals surface area contributed by atoms with E-state index in [0.29, 0.717) is 25.9 Å². The molecule has 2 heterocycles. The molecule has 0 spiro atoms. The summed E-state index contributed by atoms with van der Waals surface area (Å²) in [4.78, 5) is 13.4. The molecule has 0 fully saturated rings. The quantitative estimate of drug-likeness (QED) is 0.421. The van der Waals surface area contributed by atoms with Gasteiger partial charge in [0.25, 0.3) is 0 Å². The van der Waals surface area contributed by atoms with Gasteiger partial charge in [-0.3, -0.25) is 4.79 Å². The van der Waals surface area contributed by atoms with Crippen molar-refractivity contribution in [1.82, 2.24) is 9.88 Å². The summed E-state index contributed by atoms with van der Waals surface area (Å²) in [5, 5.41) is 7.00.